The highest BCUT2D eigenvalue weighted by atomic mass is 16.2. The lowest BCUT2D eigenvalue weighted by atomic mass is 9.99. The van der Waals surface area contributed by atoms with E-state index in [0.29, 0.717) is 13.1 Å². The van der Waals surface area contributed by atoms with Gasteiger partial charge in [0.1, 0.15) is 5.82 Å². The van der Waals surface area contributed by atoms with Gasteiger partial charge in [-0.2, -0.15) is 5.26 Å². The summed E-state index contributed by atoms with van der Waals surface area (Å²) in [6.07, 6.45) is 4.62. The van der Waals surface area contributed by atoms with Crippen LogP contribution in [-0.4, -0.2) is 36.4 Å². The molecular weight excluding hydrogens is 402 g/mol. The molecule has 1 aliphatic heterocycles. The Bertz CT molecular complexity index is 916. The third-order valence-electron chi connectivity index (χ3n) is 5.79. The second-order valence-corrected chi connectivity index (χ2v) is 8.26. The minimum Gasteiger partial charge on any atom is -0.357 e. The fourth-order valence-electron chi connectivity index (χ4n) is 3.76. The van der Waals surface area contributed by atoms with Crippen LogP contribution in [0, 0.1) is 17.2 Å². The molecule has 0 aliphatic carbocycles. The molecular formula is C25H31N5O2. The van der Waals surface area contributed by atoms with Crippen molar-refractivity contribution in [1.29, 1.82) is 5.26 Å². The van der Waals surface area contributed by atoms with Crippen LogP contribution in [0.1, 0.15) is 44.6 Å². The van der Waals surface area contributed by atoms with Crippen LogP contribution in [0.2, 0.25) is 0 Å². The number of anilines is 2. The van der Waals surface area contributed by atoms with Gasteiger partial charge in [0, 0.05) is 50.9 Å². The number of carbonyl (C=O) groups excluding carboxylic acids is 2. The largest absolute Gasteiger partial charge is 0.357 e. The van der Waals surface area contributed by atoms with Crippen molar-refractivity contribution in [2.45, 2.75) is 45.6 Å². The molecule has 32 heavy (non-hydrogen) atoms. The molecule has 1 aromatic carbocycles. The lowest BCUT2D eigenvalue weighted by molar-refractivity contribution is -0.125. The number of aromatic nitrogens is 1. The number of para-hydroxylation sites is 1. The van der Waals surface area contributed by atoms with Crippen LogP contribution in [0.5, 0.6) is 0 Å². The standard InChI is InChI=1S/C25H31N5O2/c1-20-12-16-29(17-13-20)23-9-8-21(18-27-23)19-28-24(31)10-11-25(32)30(15-5-14-26)22-6-3-2-4-7-22/h2-4,6-9,18,20H,5,10-13,15-17,19H2,1H3,(H,28,31). The van der Waals surface area contributed by atoms with E-state index in [1.807, 2.05) is 42.5 Å². The molecule has 2 aromatic rings. The van der Waals surface area contributed by atoms with Crippen molar-refractivity contribution in [3.8, 4) is 6.07 Å². The lowest BCUT2D eigenvalue weighted by Gasteiger charge is -2.31. The molecule has 1 aliphatic rings. The molecule has 0 atom stereocenters. The second kappa shape index (κ2) is 11.8. The first-order valence-corrected chi connectivity index (χ1v) is 11.3. The lowest BCUT2D eigenvalue weighted by Crippen LogP contribution is -2.33. The third-order valence-corrected chi connectivity index (χ3v) is 5.79. The number of rotatable bonds is 9. The molecule has 7 nitrogen and oxygen atoms in total. The molecule has 1 N–H and O–H groups in total. The van der Waals surface area contributed by atoms with Gasteiger partial charge in [0.05, 0.1) is 12.5 Å². The van der Waals surface area contributed by atoms with Gasteiger partial charge < -0.3 is 15.1 Å². The SMILES string of the molecule is CC1CCN(c2ccc(CNC(=O)CCC(=O)N(CCC#N)c3ccccc3)cn2)CC1. The summed E-state index contributed by atoms with van der Waals surface area (Å²) in [5.41, 5.74) is 1.67. The number of amides is 2. The van der Waals surface area contributed by atoms with Gasteiger partial charge in [0.25, 0.3) is 0 Å². The molecule has 2 amide bonds. The van der Waals surface area contributed by atoms with E-state index < -0.39 is 0 Å². The van der Waals surface area contributed by atoms with Crippen LogP contribution in [0.25, 0.3) is 0 Å². The predicted octanol–water partition coefficient (Wildman–Crippen LogP) is 3.66. The Morgan fingerprint density at radius 2 is 1.91 bits per heavy atom. The van der Waals surface area contributed by atoms with Crippen LogP contribution < -0.4 is 15.1 Å². The number of benzene rings is 1. The van der Waals surface area contributed by atoms with Gasteiger partial charge in [0.15, 0.2) is 0 Å². The molecule has 7 heteroatoms. The number of hydrogen-bond acceptors (Lipinski definition) is 5. The second-order valence-electron chi connectivity index (χ2n) is 8.26. The molecule has 0 saturated carbocycles. The highest BCUT2D eigenvalue weighted by Gasteiger charge is 2.18. The number of nitrogens with zero attached hydrogens (tertiary/aromatic N) is 4. The summed E-state index contributed by atoms with van der Waals surface area (Å²) >= 11 is 0. The van der Waals surface area contributed by atoms with Gasteiger partial charge in [-0.15, -0.1) is 0 Å². The van der Waals surface area contributed by atoms with Crippen molar-refractivity contribution < 1.29 is 9.59 Å². The zero-order valence-electron chi connectivity index (χ0n) is 18.7. The zero-order chi connectivity index (χ0) is 22.8. The fraction of sp³-hybridized carbons (Fsp3) is 0.440. The third kappa shape index (κ3) is 6.81. The topological polar surface area (TPSA) is 89.3 Å². The first-order valence-electron chi connectivity index (χ1n) is 11.3. The number of carbonyl (C=O) groups is 2. The quantitative estimate of drug-likeness (QED) is 0.652. The van der Waals surface area contributed by atoms with Crippen molar-refractivity contribution in [3.05, 3.63) is 54.2 Å². The minimum atomic E-state index is -0.180. The minimum absolute atomic E-state index is 0.0940. The van der Waals surface area contributed by atoms with Gasteiger partial charge in [-0.3, -0.25) is 9.59 Å². The first kappa shape index (κ1) is 23.3. The Labute approximate surface area is 190 Å². The molecule has 1 aromatic heterocycles. The average molecular weight is 434 g/mol. The maximum atomic E-state index is 12.7. The molecule has 1 fully saturated rings. The number of hydrogen-bond donors (Lipinski definition) is 1. The highest BCUT2D eigenvalue weighted by molar-refractivity contribution is 5.95. The Morgan fingerprint density at radius 3 is 2.56 bits per heavy atom. The Kier molecular flexibility index (Phi) is 8.61. The van der Waals surface area contributed by atoms with Crippen LogP contribution >= 0.6 is 0 Å². The summed E-state index contributed by atoms with van der Waals surface area (Å²) < 4.78 is 0. The van der Waals surface area contributed by atoms with E-state index in [2.05, 4.69) is 28.2 Å². The summed E-state index contributed by atoms with van der Waals surface area (Å²) in [5, 5.41) is 11.7. The van der Waals surface area contributed by atoms with Crippen molar-refractivity contribution >= 4 is 23.3 Å². The average Bonchev–Trinajstić information content (AvgIpc) is 2.83. The van der Waals surface area contributed by atoms with E-state index in [1.54, 1.807) is 11.1 Å². The van der Waals surface area contributed by atoms with Crippen LogP contribution in [0.15, 0.2) is 48.7 Å². The molecule has 0 radical (unpaired) electrons. The van der Waals surface area contributed by atoms with Gasteiger partial charge in [-0.25, -0.2) is 4.98 Å². The highest BCUT2D eigenvalue weighted by Crippen LogP contribution is 2.21. The fourth-order valence-corrected chi connectivity index (χ4v) is 3.76. The van der Waals surface area contributed by atoms with Crippen molar-refractivity contribution in [2.75, 3.05) is 29.4 Å². The predicted molar refractivity (Wildman–Crippen MR) is 125 cm³/mol. The first-order chi connectivity index (χ1) is 15.6. The van der Waals surface area contributed by atoms with E-state index in [4.69, 9.17) is 5.26 Å². The van der Waals surface area contributed by atoms with E-state index >= 15 is 0 Å². The molecule has 3 rings (SSSR count). The normalized spacial score (nSPS) is 13.9. The van der Waals surface area contributed by atoms with Crippen molar-refractivity contribution in [1.82, 2.24) is 10.3 Å². The van der Waals surface area contributed by atoms with Crippen LogP contribution in [0.3, 0.4) is 0 Å². The maximum absolute atomic E-state index is 12.7. The number of nitriles is 1. The molecule has 168 valence electrons. The number of nitrogens with one attached hydrogen (secondary N) is 1. The van der Waals surface area contributed by atoms with Crippen LogP contribution in [-0.2, 0) is 16.1 Å². The summed E-state index contributed by atoms with van der Waals surface area (Å²) in [7, 11) is 0. The Balaban J connectivity index is 1.45. The van der Waals surface area contributed by atoms with E-state index in [-0.39, 0.29) is 31.1 Å². The van der Waals surface area contributed by atoms with Gasteiger partial charge >= 0.3 is 0 Å². The van der Waals surface area contributed by atoms with Crippen LogP contribution in [0.4, 0.5) is 11.5 Å². The van der Waals surface area contributed by atoms with Gasteiger partial charge in [-0.1, -0.05) is 31.2 Å². The summed E-state index contributed by atoms with van der Waals surface area (Å²) in [6.45, 7) is 5.05. The number of piperidine rings is 1. The van der Waals surface area contributed by atoms with Gasteiger partial charge in [-0.05, 0) is 42.5 Å². The monoisotopic (exact) mass is 433 g/mol. The van der Waals surface area contributed by atoms with E-state index in [9.17, 15) is 9.59 Å². The smallest absolute Gasteiger partial charge is 0.227 e. The summed E-state index contributed by atoms with van der Waals surface area (Å²) in [6, 6.07) is 15.3. The van der Waals surface area contributed by atoms with E-state index in [1.165, 1.54) is 12.8 Å². The van der Waals surface area contributed by atoms with Crippen molar-refractivity contribution in [3.63, 3.8) is 0 Å². The van der Waals surface area contributed by atoms with E-state index in [0.717, 1.165) is 36.1 Å². The number of pyridine rings is 1. The van der Waals surface area contributed by atoms with Crippen molar-refractivity contribution in [2.24, 2.45) is 5.92 Å². The van der Waals surface area contributed by atoms with Gasteiger partial charge in [0.2, 0.25) is 11.8 Å². The molecule has 0 unspecified atom stereocenters. The summed E-state index contributed by atoms with van der Waals surface area (Å²) in [4.78, 5) is 33.4. The maximum Gasteiger partial charge on any atom is 0.227 e. The molecule has 2 heterocycles. The molecule has 1 saturated heterocycles. The zero-order valence-corrected chi connectivity index (χ0v) is 18.7. The summed E-state index contributed by atoms with van der Waals surface area (Å²) in [5.74, 6) is 1.42. The molecule has 0 spiro atoms. The Morgan fingerprint density at radius 1 is 1.16 bits per heavy atom. The Hall–Kier alpha value is -3.40. The molecule has 0 bridgehead atoms.